The first-order chi connectivity index (χ1) is 9.28. The van der Waals surface area contributed by atoms with Gasteiger partial charge in [-0.05, 0) is 39.7 Å². The number of carbonyl (C=O) groups is 1. The number of hydrogen-bond acceptors (Lipinski definition) is 5. The fourth-order valence-corrected chi connectivity index (χ4v) is 2.17. The van der Waals surface area contributed by atoms with E-state index in [-0.39, 0.29) is 6.09 Å². The molecule has 0 aromatic carbocycles. The van der Waals surface area contributed by atoms with Crippen molar-refractivity contribution < 1.29 is 14.1 Å². The molecule has 20 heavy (non-hydrogen) atoms. The van der Waals surface area contributed by atoms with E-state index in [1.165, 1.54) is 0 Å². The highest BCUT2D eigenvalue weighted by molar-refractivity contribution is 5.77. The molecule has 1 aromatic rings. The lowest BCUT2D eigenvalue weighted by molar-refractivity contribution is 0.0270. The molecule has 1 aromatic heterocycles. The smallest absolute Gasteiger partial charge is 0.410 e. The third-order valence-electron chi connectivity index (χ3n) is 3.07. The lowest BCUT2D eigenvalue weighted by atomic mass is 10.00. The van der Waals surface area contributed by atoms with Crippen LogP contribution in [0.1, 0.15) is 38.4 Å². The summed E-state index contributed by atoms with van der Waals surface area (Å²) in [6.45, 7) is 8.54. The maximum Gasteiger partial charge on any atom is 0.410 e. The van der Waals surface area contributed by atoms with E-state index >= 15 is 0 Å². The molecule has 0 saturated carbocycles. The van der Waals surface area contributed by atoms with Crippen LogP contribution in [0.2, 0.25) is 0 Å². The lowest BCUT2D eigenvalue weighted by Gasteiger charge is -2.29. The van der Waals surface area contributed by atoms with Gasteiger partial charge in [0.25, 0.3) is 0 Å². The van der Waals surface area contributed by atoms with Gasteiger partial charge in [0.2, 0.25) is 5.88 Å². The van der Waals surface area contributed by atoms with Crippen LogP contribution in [-0.2, 0) is 4.74 Å². The van der Waals surface area contributed by atoms with E-state index in [1.54, 1.807) is 4.90 Å². The van der Waals surface area contributed by atoms with Crippen molar-refractivity contribution in [2.45, 2.75) is 39.7 Å². The summed E-state index contributed by atoms with van der Waals surface area (Å²) in [6.07, 6.45) is 2.40. The van der Waals surface area contributed by atoms with E-state index in [4.69, 9.17) is 15.0 Å². The Balaban J connectivity index is 2.06. The van der Waals surface area contributed by atoms with E-state index in [1.807, 2.05) is 33.8 Å². The minimum absolute atomic E-state index is 0.289. The normalized spacial score (nSPS) is 16.0. The van der Waals surface area contributed by atoms with Crippen molar-refractivity contribution in [3.05, 3.63) is 17.3 Å². The number of aryl methyl sites for hydroxylation is 1. The topological polar surface area (TPSA) is 81.6 Å². The van der Waals surface area contributed by atoms with Gasteiger partial charge >= 0.3 is 6.09 Å². The summed E-state index contributed by atoms with van der Waals surface area (Å²) >= 11 is 0. The van der Waals surface area contributed by atoms with Crippen molar-refractivity contribution in [1.29, 1.82) is 0 Å². The maximum atomic E-state index is 12.0. The zero-order valence-corrected chi connectivity index (χ0v) is 12.4. The van der Waals surface area contributed by atoms with Gasteiger partial charge in [-0.15, -0.1) is 0 Å². The van der Waals surface area contributed by atoms with Crippen LogP contribution < -0.4 is 5.73 Å². The fraction of sp³-hybridized carbons (Fsp3) is 0.571. The van der Waals surface area contributed by atoms with Gasteiger partial charge < -0.3 is 19.9 Å². The molecule has 0 fully saturated rings. The van der Waals surface area contributed by atoms with E-state index in [0.29, 0.717) is 25.4 Å². The molecule has 0 saturated heterocycles. The molecule has 1 aliphatic heterocycles. The summed E-state index contributed by atoms with van der Waals surface area (Å²) < 4.78 is 10.3. The molecule has 0 aliphatic carbocycles. The van der Waals surface area contributed by atoms with Crippen LogP contribution >= 0.6 is 0 Å². The van der Waals surface area contributed by atoms with Crippen LogP contribution in [0, 0.1) is 6.92 Å². The summed E-state index contributed by atoms with van der Waals surface area (Å²) in [5.74, 6) is 0.333. The molecule has 0 radical (unpaired) electrons. The quantitative estimate of drug-likeness (QED) is 0.854. The minimum Gasteiger partial charge on any atom is -0.444 e. The van der Waals surface area contributed by atoms with E-state index in [9.17, 15) is 4.79 Å². The third kappa shape index (κ3) is 3.12. The molecule has 110 valence electrons. The van der Waals surface area contributed by atoms with Gasteiger partial charge in [-0.1, -0.05) is 11.2 Å². The van der Waals surface area contributed by atoms with Crippen LogP contribution in [0.4, 0.5) is 10.7 Å². The Labute approximate surface area is 118 Å². The number of ether oxygens (including phenoxy) is 1. The molecule has 2 heterocycles. The second-order valence-corrected chi connectivity index (χ2v) is 5.91. The first-order valence-corrected chi connectivity index (χ1v) is 6.67. The minimum atomic E-state index is -0.476. The molecular weight excluding hydrogens is 258 g/mol. The zero-order chi connectivity index (χ0) is 14.9. The average Bonchev–Trinajstić information content (AvgIpc) is 2.67. The molecule has 1 aliphatic rings. The number of aromatic nitrogens is 1. The van der Waals surface area contributed by atoms with Crippen molar-refractivity contribution in [3.8, 4) is 0 Å². The number of nitrogens with zero attached hydrogens (tertiary/aromatic N) is 2. The zero-order valence-electron chi connectivity index (χ0n) is 12.4. The second-order valence-electron chi connectivity index (χ2n) is 5.91. The highest BCUT2D eigenvalue weighted by Gasteiger charge is 2.25. The van der Waals surface area contributed by atoms with Crippen molar-refractivity contribution in [1.82, 2.24) is 10.1 Å². The van der Waals surface area contributed by atoms with Gasteiger partial charge in [0, 0.05) is 13.1 Å². The molecular formula is C14H21N3O3. The van der Waals surface area contributed by atoms with Crippen LogP contribution in [0.5, 0.6) is 0 Å². The number of hydrogen-bond donors (Lipinski definition) is 1. The predicted octanol–water partition coefficient (Wildman–Crippen LogP) is 2.59. The summed E-state index contributed by atoms with van der Waals surface area (Å²) in [6, 6.07) is 0. The van der Waals surface area contributed by atoms with Crippen molar-refractivity contribution >= 4 is 17.6 Å². The molecule has 0 bridgehead atoms. The van der Waals surface area contributed by atoms with Gasteiger partial charge in [-0.3, -0.25) is 0 Å². The maximum absolute atomic E-state index is 12.0. The summed E-state index contributed by atoms with van der Waals surface area (Å²) in [5.41, 5.74) is 8.00. The summed E-state index contributed by atoms with van der Waals surface area (Å²) in [7, 11) is 0. The highest BCUT2D eigenvalue weighted by Crippen LogP contribution is 2.30. The molecule has 1 amide bonds. The number of nitrogens with two attached hydrogens (primary N) is 1. The Bertz CT molecular complexity index is 521. The number of nitrogen functional groups attached to an aromatic ring is 1. The van der Waals surface area contributed by atoms with Gasteiger partial charge in [0.05, 0.1) is 11.3 Å². The van der Waals surface area contributed by atoms with Crippen LogP contribution in [0.15, 0.2) is 10.6 Å². The van der Waals surface area contributed by atoms with Gasteiger partial charge in [-0.25, -0.2) is 4.79 Å². The monoisotopic (exact) mass is 279 g/mol. The number of anilines is 1. The standard InChI is InChI=1S/C14H21N3O3/c1-9-11(12(15)20-16-9)10-5-7-17(8-6-10)13(18)19-14(2,3)4/h5H,6-8,15H2,1-4H3. The predicted molar refractivity (Wildman–Crippen MR) is 76.1 cm³/mol. The van der Waals surface area contributed by atoms with Crippen molar-refractivity contribution in [2.24, 2.45) is 0 Å². The lowest BCUT2D eigenvalue weighted by Crippen LogP contribution is -2.39. The molecule has 6 heteroatoms. The van der Waals surface area contributed by atoms with Gasteiger partial charge in [0.1, 0.15) is 5.60 Å². The Morgan fingerprint density at radius 3 is 2.65 bits per heavy atom. The number of carbonyl (C=O) groups excluding carboxylic acids is 1. The van der Waals surface area contributed by atoms with Crippen LogP contribution in [-0.4, -0.2) is 34.8 Å². The largest absolute Gasteiger partial charge is 0.444 e. The molecule has 6 nitrogen and oxygen atoms in total. The summed E-state index contributed by atoms with van der Waals surface area (Å²) in [5, 5.41) is 3.85. The fourth-order valence-electron chi connectivity index (χ4n) is 2.17. The van der Waals surface area contributed by atoms with E-state index < -0.39 is 5.60 Å². The van der Waals surface area contributed by atoms with Crippen molar-refractivity contribution in [3.63, 3.8) is 0 Å². The second kappa shape index (κ2) is 5.19. The van der Waals surface area contributed by atoms with Crippen LogP contribution in [0.3, 0.4) is 0 Å². The summed E-state index contributed by atoms with van der Waals surface area (Å²) in [4.78, 5) is 13.6. The molecule has 0 unspecified atom stereocenters. The average molecular weight is 279 g/mol. The van der Waals surface area contributed by atoms with Gasteiger partial charge in [0.15, 0.2) is 0 Å². The van der Waals surface area contributed by atoms with E-state index in [2.05, 4.69) is 5.16 Å². The highest BCUT2D eigenvalue weighted by atomic mass is 16.6. The van der Waals surface area contributed by atoms with Gasteiger partial charge in [-0.2, -0.15) is 0 Å². The Morgan fingerprint density at radius 1 is 1.50 bits per heavy atom. The Hall–Kier alpha value is -1.98. The third-order valence-corrected chi connectivity index (χ3v) is 3.07. The molecule has 2 N–H and O–H groups in total. The Morgan fingerprint density at radius 2 is 2.20 bits per heavy atom. The number of rotatable bonds is 1. The first kappa shape index (κ1) is 14.4. The number of amides is 1. The molecule has 0 atom stereocenters. The molecule has 2 rings (SSSR count). The van der Waals surface area contributed by atoms with Crippen LogP contribution in [0.25, 0.3) is 5.57 Å². The first-order valence-electron chi connectivity index (χ1n) is 6.67. The Kier molecular flexibility index (Phi) is 3.74. The molecule has 0 spiro atoms. The van der Waals surface area contributed by atoms with E-state index in [0.717, 1.165) is 16.8 Å². The SMILES string of the molecule is Cc1noc(N)c1C1=CCN(C(=O)OC(C)(C)C)CC1. The van der Waals surface area contributed by atoms with Crippen molar-refractivity contribution in [2.75, 3.05) is 18.8 Å².